The third-order valence-electron chi connectivity index (χ3n) is 6.24. The molecular weight excluding hydrogens is 405 g/mol. The topological polar surface area (TPSA) is 45.6 Å². The Kier molecular flexibility index (Phi) is 5.13. The Balaban J connectivity index is 1.42. The zero-order chi connectivity index (χ0) is 22.2. The Morgan fingerprint density at radius 2 is 1.56 bits per heavy atom. The summed E-state index contributed by atoms with van der Waals surface area (Å²) in [4.78, 5) is 30.3. The molecule has 1 saturated heterocycles. The fourth-order valence-corrected chi connectivity index (χ4v) is 4.51. The molecule has 4 aromatic rings. The van der Waals surface area contributed by atoms with E-state index in [1.165, 1.54) is 12.1 Å². The molecule has 2 heterocycles. The Hall–Kier alpha value is -3.67. The summed E-state index contributed by atoms with van der Waals surface area (Å²) in [6.45, 7) is 4.74. The van der Waals surface area contributed by atoms with Gasteiger partial charge in [0.25, 0.3) is 0 Å². The van der Waals surface area contributed by atoms with Crippen molar-refractivity contribution in [2.24, 2.45) is 0 Å². The average molecular weight is 429 g/mol. The van der Waals surface area contributed by atoms with Gasteiger partial charge >= 0.3 is 0 Å². The molecule has 1 aliphatic heterocycles. The highest BCUT2D eigenvalue weighted by Crippen LogP contribution is 2.22. The number of nitrogens with zero attached hydrogens (tertiary/aromatic N) is 3. The monoisotopic (exact) mass is 429 g/mol. The van der Waals surface area contributed by atoms with Crippen LogP contribution in [0, 0.1) is 12.7 Å². The van der Waals surface area contributed by atoms with Crippen molar-refractivity contribution >= 4 is 33.4 Å². The summed E-state index contributed by atoms with van der Waals surface area (Å²) in [5.41, 5.74) is 3.52. The molecule has 1 aliphatic rings. The van der Waals surface area contributed by atoms with Gasteiger partial charge in [-0.25, -0.2) is 4.39 Å². The minimum absolute atomic E-state index is 0.00379. The van der Waals surface area contributed by atoms with Crippen LogP contribution >= 0.6 is 0 Å². The van der Waals surface area contributed by atoms with Gasteiger partial charge in [-0.05, 0) is 55.5 Å². The first kappa shape index (κ1) is 20.2. The highest BCUT2D eigenvalue weighted by Gasteiger charge is 2.23. The number of para-hydroxylation sites is 1. The minimum Gasteiger partial charge on any atom is -0.368 e. The maximum Gasteiger partial charge on any atom is 0.242 e. The van der Waals surface area contributed by atoms with E-state index in [-0.39, 0.29) is 23.7 Å². The SMILES string of the molecule is Cc1ccc2c(c1)c(=O)c1ccccc1n2CC(=O)N1CCN(c2ccc(F)cc2)CC1. The van der Waals surface area contributed by atoms with E-state index in [0.717, 1.165) is 22.3 Å². The zero-order valence-electron chi connectivity index (χ0n) is 17.9. The third-order valence-corrected chi connectivity index (χ3v) is 6.24. The van der Waals surface area contributed by atoms with Crippen molar-refractivity contribution in [1.29, 1.82) is 0 Å². The lowest BCUT2D eigenvalue weighted by atomic mass is 10.1. The molecule has 0 unspecified atom stereocenters. The molecule has 0 N–H and O–H groups in total. The van der Waals surface area contributed by atoms with Crippen LogP contribution in [0.5, 0.6) is 0 Å². The normalized spacial score (nSPS) is 14.3. The lowest BCUT2D eigenvalue weighted by Crippen LogP contribution is -2.49. The molecular formula is C26H24FN3O2. The quantitative estimate of drug-likeness (QED) is 0.463. The molecule has 3 aromatic carbocycles. The number of fused-ring (bicyclic) bond motifs is 2. The Labute approximate surface area is 185 Å². The van der Waals surface area contributed by atoms with Crippen LogP contribution in [-0.2, 0) is 11.3 Å². The number of benzene rings is 3. The van der Waals surface area contributed by atoms with Crippen molar-refractivity contribution in [1.82, 2.24) is 9.47 Å². The summed E-state index contributed by atoms with van der Waals surface area (Å²) in [5, 5.41) is 1.26. The van der Waals surface area contributed by atoms with Gasteiger partial charge in [0.2, 0.25) is 5.91 Å². The maximum absolute atomic E-state index is 13.3. The van der Waals surface area contributed by atoms with Gasteiger partial charge in [-0.3, -0.25) is 9.59 Å². The molecule has 32 heavy (non-hydrogen) atoms. The second-order valence-electron chi connectivity index (χ2n) is 8.30. The second kappa shape index (κ2) is 8.11. The van der Waals surface area contributed by atoms with E-state index < -0.39 is 0 Å². The van der Waals surface area contributed by atoms with Crippen molar-refractivity contribution in [3.8, 4) is 0 Å². The predicted molar refractivity (Wildman–Crippen MR) is 126 cm³/mol. The Bertz CT molecular complexity index is 1370. The summed E-state index contributed by atoms with van der Waals surface area (Å²) in [6, 6.07) is 19.7. The van der Waals surface area contributed by atoms with Crippen LogP contribution in [0.3, 0.4) is 0 Å². The third kappa shape index (κ3) is 3.62. The maximum atomic E-state index is 13.3. The molecule has 0 radical (unpaired) electrons. The van der Waals surface area contributed by atoms with Gasteiger partial charge in [-0.15, -0.1) is 0 Å². The van der Waals surface area contributed by atoms with Gasteiger partial charge in [0.1, 0.15) is 12.4 Å². The molecule has 0 spiro atoms. The lowest BCUT2D eigenvalue weighted by Gasteiger charge is -2.36. The molecule has 1 amide bonds. The van der Waals surface area contributed by atoms with Crippen molar-refractivity contribution < 1.29 is 9.18 Å². The fraction of sp³-hybridized carbons (Fsp3) is 0.231. The smallest absolute Gasteiger partial charge is 0.242 e. The van der Waals surface area contributed by atoms with Gasteiger partial charge in [-0.2, -0.15) is 0 Å². The predicted octanol–water partition coefficient (Wildman–Crippen LogP) is 3.95. The molecule has 162 valence electrons. The number of aromatic nitrogens is 1. The van der Waals surface area contributed by atoms with Crippen LogP contribution in [0.2, 0.25) is 0 Å². The van der Waals surface area contributed by atoms with E-state index in [9.17, 15) is 14.0 Å². The first-order valence-corrected chi connectivity index (χ1v) is 10.8. The molecule has 0 bridgehead atoms. The molecule has 0 aliphatic carbocycles. The molecule has 0 atom stereocenters. The summed E-state index contributed by atoms with van der Waals surface area (Å²) < 4.78 is 15.2. The van der Waals surface area contributed by atoms with Crippen LogP contribution in [0.15, 0.2) is 71.5 Å². The van der Waals surface area contributed by atoms with Crippen LogP contribution in [0.4, 0.5) is 10.1 Å². The van der Waals surface area contributed by atoms with Crippen LogP contribution < -0.4 is 10.3 Å². The molecule has 1 fully saturated rings. The van der Waals surface area contributed by atoms with Crippen molar-refractivity contribution in [2.75, 3.05) is 31.1 Å². The largest absolute Gasteiger partial charge is 0.368 e. The number of carbonyl (C=O) groups excluding carboxylic acids is 1. The fourth-order valence-electron chi connectivity index (χ4n) is 4.51. The molecule has 5 nitrogen and oxygen atoms in total. The highest BCUT2D eigenvalue weighted by molar-refractivity contribution is 5.95. The lowest BCUT2D eigenvalue weighted by molar-refractivity contribution is -0.132. The number of anilines is 1. The molecule has 6 heteroatoms. The summed E-state index contributed by atoms with van der Waals surface area (Å²) >= 11 is 0. The summed E-state index contributed by atoms with van der Waals surface area (Å²) in [6.07, 6.45) is 0. The van der Waals surface area contributed by atoms with Gasteiger partial charge in [0.05, 0.1) is 11.0 Å². The summed E-state index contributed by atoms with van der Waals surface area (Å²) in [7, 11) is 0. The average Bonchev–Trinajstić information content (AvgIpc) is 2.82. The first-order valence-electron chi connectivity index (χ1n) is 10.8. The van der Waals surface area contributed by atoms with E-state index in [4.69, 9.17) is 0 Å². The van der Waals surface area contributed by atoms with Crippen LogP contribution in [0.25, 0.3) is 21.8 Å². The van der Waals surface area contributed by atoms with Crippen LogP contribution in [-0.4, -0.2) is 41.6 Å². The van der Waals surface area contributed by atoms with E-state index >= 15 is 0 Å². The Morgan fingerprint density at radius 3 is 2.31 bits per heavy atom. The van der Waals surface area contributed by atoms with Gasteiger partial charge in [0.15, 0.2) is 5.43 Å². The summed E-state index contributed by atoms with van der Waals surface area (Å²) in [5.74, 6) is -0.224. The number of pyridine rings is 1. The van der Waals surface area contributed by atoms with Crippen molar-refractivity contribution in [3.05, 3.63) is 88.3 Å². The number of hydrogen-bond donors (Lipinski definition) is 0. The van der Waals surface area contributed by atoms with E-state index in [1.54, 1.807) is 12.1 Å². The number of hydrogen-bond acceptors (Lipinski definition) is 3. The number of rotatable bonds is 3. The number of halogens is 1. The zero-order valence-corrected chi connectivity index (χ0v) is 17.9. The van der Waals surface area contributed by atoms with Gasteiger partial charge in [-0.1, -0.05) is 23.8 Å². The standard InChI is InChI=1S/C26H24FN3O2/c1-18-6-11-24-22(16-18)26(32)21-4-2-3-5-23(21)30(24)17-25(31)29-14-12-28(13-15-29)20-9-7-19(27)8-10-20/h2-11,16H,12-15,17H2,1H3. The van der Waals surface area contributed by atoms with Crippen LogP contribution in [0.1, 0.15) is 5.56 Å². The molecule has 0 saturated carbocycles. The number of carbonyl (C=O) groups is 1. The minimum atomic E-state index is -0.252. The van der Waals surface area contributed by atoms with E-state index in [1.807, 2.05) is 58.9 Å². The van der Waals surface area contributed by atoms with Crippen molar-refractivity contribution in [3.63, 3.8) is 0 Å². The number of piperazine rings is 1. The number of amides is 1. The highest BCUT2D eigenvalue weighted by atomic mass is 19.1. The Morgan fingerprint density at radius 1 is 0.875 bits per heavy atom. The first-order chi connectivity index (χ1) is 15.5. The van der Waals surface area contributed by atoms with Gasteiger partial charge in [0, 0.05) is 42.6 Å². The second-order valence-corrected chi connectivity index (χ2v) is 8.30. The molecule has 5 rings (SSSR count). The van der Waals surface area contributed by atoms with E-state index in [2.05, 4.69) is 4.90 Å². The number of aryl methyl sites for hydroxylation is 1. The molecule has 1 aromatic heterocycles. The van der Waals surface area contributed by atoms with Crippen molar-refractivity contribution in [2.45, 2.75) is 13.5 Å². The van der Waals surface area contributed by atoms with E-state index in [0.29, 0.717) is 37.0 Å². The van der Waals surface area contributed by atoms with Gasteiger partial charge < -0.3 is 14.4 Å².